The first-order chi connectivity index (χ1) is 10.0. The van der Waals surface area contributed by atoms with Crippen LogP contribution in [-0.4, -0.2) is 4.92 Å². The summed E-state index contributed by atoms with van der Waals surface area (Å²) in [6.07, 6.45) is 0. The lowest BCUT2D eigenvalue weighted by Gasteiger charge is -2.10. The number of nitrogen functional groups attached to an aromatic ring is 1. The van der Waals surface area contributed by atoms with E-state index in [1.807, 2.05) is 6.07 Å². The van der Waals surface area contributed by atoms with Crippen LogP contribution in [-0.2, 0) is 0 Å². The van der Waals surface area contributed by atoms with Crippen LogP contribution in [0.15, 0.2) is 40.9 Å². The van der Waals surface area contributed by atoms with Crippen LogP contribution in [0.2, 0.25) is 0 Å². The molecule has 0 aliphatic rings. The van der Waals surface area contributed by atoms with Gasteiger partial charge in [0, 0.05) is 22.3 Å². The molecule has 0 saturated carbocycles. The van der Waals surface area contributed by atoms with Gasteiger partial charge in [0.15, 0.2) is 0 Å². The van der Waals surface area contributed by atoms with Gasteiger partial charge in [0.1, 0.15) is 0 Å². The van der Waals surface area contributed by atoms with E-state index in [4.69, 9.17) is 11.1 Å². The van der Waals surface area contributed by atoms with Gasteiger partial charge in [0.2, 0.25) is 0 Å². The molecule has 2 aromatic carbocycles. The molecule has 0 heterocycles. The van der Waals surface area contributed by atoms with Crippen molar-refractivity contribution in [3.05, 3.63) is 56.5 Å². The summed E-state index contributed by atoms with van der Waals surface area (Å²) in [4.78, 5) is 10.4. The first-order valence-electron chi connectivity index (χ1n) is 5.76. The van der Waals surface area contributed by atoms with Gasteiger partial charge in [-0.2, -0.15) is 5.26 Å². The number of halogens is 1. The molecule has 0 unspecified atom stereocenters. The second-order valence-electron chi connectivity index (χ2n) is 4.10. The van der Waals surface area contributed by atoms with Gasteiger partial charge in [-0.3, -0.25) is 16.0 Å². The average Bonchev–Trinajstić information content (AvgIpc) is 2.48. The van der Waals surface area contributed by atoms with E-state index < -0.39 is 4.92 Å². The zero-order chi connectivity index (χ0) is 15.4. The van der Waals surface area contributed by atoms with E-state index in [0.29, 0.717) is 27.1 Å². The molecule has 0 atom stereocenters. The Hall–Kier alpha value is -2.63. The Morgan fingerprint density at radius 2 is 1.95 bits per heavy atom. The molecule has 21 heavy (non-hydrogen) atoms. The number of non-ortho nitro benzene ring substituents is 1. The maximum absolute atomic E-state index is 10.9. The van der Waals surface area contributed by atoms with Crippen molar-refractivity contribution in [2.75, 3.05) is 10.7 Å². The zero-order valence-electron chi connectivity index (χ0n) is 10.6. The number of nitriles is 1. The summed E-state index contributed by atoms with van der Waals surface area (Å²) < 4.78 is 0.676. The fraction of sp³-hybridized carbons (Fsp3) is 0. The monoisotopic (exact) mass is 347 g/mol. The van der Waals surface area contributed by atoms with Crippen molar-refractivity contribution < 1.29 is 4.92 Å². The highest BCUT2D eigenvalue weighted by atomic mass is 79.9. The van der Waals surface area contributed by atoms with Crippen molar-refractivity contribution in [1.29, 1.82) is 5.26 Å². The topological polar surface area (TPSA) is 117 Å². The van der Waals surface area contributed by atoms with Crippen LogP contribution in [0.5, 0.6) is 0 Å². The van der Waals surface area contributed by atoms with E-state index >= 15 is 0 Å². The molecule has 4 N–H and O–H groups in total. The third kappa shape index (κ3) is 3.47. The molecule has 2 aromatic rings. The minimum absolute atomic E-state index is 0.0854. The summed E-state index contributed by atoms with van der Waals surface area (Å²) in [6, 6.07) is 11.4. The minimum atomic E-state index is -0.500. The maximum Gasteiger partial charge on any atom is 0.273 e. The van der Waals surface area contributed by atoms with Crippen molar-refractivity contribution in [1.82, 2.24) is 0 Å². The molecule has 7 nitrogen and oxygen atoms in total. The second-order valence-corrected chi connectivity index (χ2v) is 4.96. The smallest absolute Gasteiger partial charge is 0.273 e. The van der Waals surface area contributed by atoms with Crippen LogP contribution >= 0.6 is 15.9 Å². The lowest BCUT2D eigenvalue weighted by molar-refractivity contribution is -0.384. The number of nitrogens with two attached hydrogens (primary N) is 1. The Bertz CT molecular complexity index is 742. The normalized spacial score (nSPS) is 9.76. The first-order valence-corrected chi connectivity index (χ1v) is 6.55. The largest absolute Gasteiger partial charge is 0.354 e. The Kier molecular flexibility index (Phi) is 4.37. The Labute approximate surface area is 128 Å². The number of hydrogen-bond acceptors (Lipinski definition) is 6. The van der Waals surface area contributed by atoms with Crippen LogP contribution in [0, 0.1) is 21.4 Å². The highest BCUT2D eigenvalue weighted by Crippen LogP contribution is 2.30. The summed E-state index contributed by atoms with van der Waals surface area (Å²) in [5, 5.41) is 22.7. The van der Waals surface area contributed by atoms with E-state index in [0.717, 1.165) is 0 Å². The van der Waals surface area contributed by atoms with Crippen LogP contribution in [0.25, 0.3) is 0 Å². The number of hydrazine groups is 1. The predicted molar refractivity (Wildman–Crippen MR) is 83.0 cm³/mol. The summed E-state index contributed by atoms with van der Waals surface area (Å²) in [5.41, 5.74) is 4.40. The minimum Gasteiger partial charge on any atom is -0.354 e. The molecular formula is C13H10BrN5O2. The number of hydrogen-bond donors (Lipinski definition) is 3. The number of nitrogens with one attached hydrogen (secondary N) is 2. The first kappa shape index (κ1) is 14.8. The highest BCUT2D eigenvalue weighted by molar-refractivity contribution is 9.10. The molecule has 0 aliphatic heterocycles. The fourth-order valence-electron chi connectivity index (χ4n) is 1.71. The predicted octanol–water partition coefficient (Wildman–Crippen LogP) is 3.26. The third-order valence-electron chi connectivity index (χ3n) is 2.67. The van der Waals surface area contributed by atoms with Crippen LogP contribution in [0.1, 0.15) is 5.56 Å². The fourth-order valence-corrected chi connectivity index (χ4v) is 2.19. The molecule has 0 amide bonds. The van der Waals surface area contributed by atoms with E-state index in [1.165, 1.54) is 12.1 Å². The third-order valence-corrected chi connectivity index (χ3v) is 3.33. The van der Waals surface area contributed by atoms with Gasteiger partial charge in [0.05, 0.1) is 27.9 Å². The molecule has 0 aromatic heterocycles. The molecule has 2 rings (SSSR count). The molecule has 0 bridgehead atoms. The van der Waals surface area contributed by atoms with E-state index in [2.05, 4.69) is 26.7 Å². The van der Waals surface area contributed by atoms with Crippen molar-refractivity contribution in [3.8, 4) is 6.07 Å². The maximum atomic E-state index is 10.9. The Balaban J connectivity index is 2.37. The van der Waals surface area contributed by atoms with E-state index in [-0.39, 0.29) is 5.69 Å². The van der Waals surface area contributed by atoms with Crippen molar-refractivity contribution in [2.24, 2.45) is 5.84 Å². The number of anilines is 3. The van der Waals surface area contributed by atoms with Gasteiger partial charge in [-0.25, -0.2) is 0 Å². The number of nitrogens with zero attached hydrogens (tertiary/aromatic N) is 2. The highest BCUT2D eigenvalue weighted by Gasteiger charge is 2.10. The summed E-state index contributed by atoms with van der Waals surface area (Å²) >= 11 is 3.34. The van der Waals surface area contributed by atoms with E-state index in [9.17, 15) is 10.1 Å². The molecule has 0 aliphatic carbocycles. The quantitative estimate of drug-likeness (QED) is 0.444. The molecule has 8 heteroatoms. The zero-order valence-corrected chi connectivity index (χ0v) is 12.2. The van der Waals surface area contributed by atoms with Gasteiger partial charge in [0.25, 0.3) is 5.69 Å². The van der Waals surface area contributed by atoms with Gasteiger partial charge < -0.3 is 10.7 Å². The summed E-state index contributed by atoms with van der Waals surface area (Å²) in [5.74, 6) is 5.30. The van der Waals surface area contributed by atoms with Crippen LogP contribution in [0.4, 0.5) is 22.7 Å². The lowest BCUT2D eigenvalue weighted by atomic mass is 10.2. The number of rotatable bonds is 4. The summed E-state index contributed by atoms with van der Waals surface area (Å²) in [6.45, 7) is 0. The Morgan fingerprint density at radius 1 is 1.24 bits per heavy atom. The van der Waals surface area contributed by atoms with Gasteiger partial charge in [-0.15, -0.1) is 0 Å². The average molecular weight is 348 g/mol. The Morgan fingerprint density at radius 3 is 2.52 bits per heavy atom. The number of nitro benzene ring substituents is 1. The molecular weight excluding hydrogens is 338 g/mol. The number of benzene rings is 2. The van der Waals surface area contributed by atoms with Crippen molar-refractivity contribution >= 4 is 38.7 Å². The van der Waals surface area contributed by atoms with Gasteiger partial charge in [-0.1, -0.05) is 0 Å². The van der Waals surface area contributed by atoms with Crippen LogP contribution < -0.4 is 16.6 Å². The molecule has 0 saturated heterocycles. The second kappa shape index (κ2) is 6.21. The molecule has 0 spiro atoms. The van der Waals surface area contributed by atoms with Crippen molar-refractivity contribution in [3.63, 3.8) is 0 Å². The molecule has 106 valence electrons. The lowest BCUT2D eigenvalue weighted by Crippen LogP contribution is -2.07. The van der Waals surface area contributed by atoms with Gasteiger partial charge >= 0.3 is 0 Å². The standard InChI is InChI=1S/C13H10BrN5O2/c14-12-3-8(7-15)1-2-13(12)17-9-4-10(18-16)6-11(5-9)19(20)21/h1-6,17-18H,16H2. The SMILES string of the molecule is N#Cc1ccc(Nc2cc(NN)cc([N+](=O)[O-])c2)c(Br)c1. The number of nitro groups is 1. The van der Waals surface area contributed by atoms with Gasteiger partial charge in [-0.05, 0) is 40.2 Å². The van der Waals surface area contributed by atoms with Crippen LogP contribution in [0.3, 0.4) is 0 Å². The van der Waals surface area contributed by atoms with E-state index in [1.54, 1.807) is 24.3 Å². The summed E-state index contributed by atoms with van der Waals surface area (Å²) in [7, 11) is 0. The van der Waals surface area contributed by atoms with Crippen molar-refractivity contribution in [2.45, 2.75) is 0 Å². The molecule has 0 radical (unpaired) electrons. The molecule has 0 fully saturated rings.